The normalized spacial score (nSPS) is 20.9. The van der Waals surface area contributed by atoms with E-state index in [-0.39, 0.29) is 42.1 Å². The summed E-state index contributed by atoms with van der Waals surface area (Å²) in [5.74, 6) is -0.526. The maximum absolute atomic E-state index is 13.4. The van der Waals surface area contributed by atoms with E-state index in [2.05, 4.69) is 26.0 Å². The van der Waals surface area contributed by atoms with Crippen LogP contribution in [0.25, 0.3) is 0 Å². The third-order valence-electron chi connectivity index (χ3n) is 5.63. The molecule has 0 saturated carbocycles. The number of fused-ring (bicyclic) bond motifs is 3. The minimum absolute atomic E-state index is 0.0265. The molecular formula is C22H23FN2O2. The molecule has 2 amide bonds. The maximum atomic E-state index is 13.4. The van der Waals surface area contributed by atoms with Gasteiger partial charge in [-0.25, -0.2) is 4.39 Å². The van der Waals surface area contributed by atoms with E-state index in [9.17, 15) is 14.0 Å². The molecule has 5 heteroatoms. The Morgan fingerprint density at radius 3 is 2.74 bits per heavy atom. The zero-order chi connectivity index (χ0) is 19.2. The van der Waals surface area contributed by atoms with Crippen molar-refractivity contribution in [3.05, 3.63) is 71.0 Å². The molecular weight excluding hydrogens is 343 g/mol. The van der Waals surface area contributed by atoms with Gasteiger partial charge in [-0.15, -0.1) is 0 Å². The van der Waals surface area contributed by atoms with E-state index in [1.54, 1.807) is 17.0 Å². The lowest BCUT2D eigenvalue weighted by Gasteiger charge is -2.49. The second kappa shape index (κ2) is 6.48. The maximum Gasteiger partial charge on any atom is 0.242 e. The van der Waals surface area contributed by atoms with Crippen LogP contribution in [0.4, 0.5) is 4.39 Å². The number of hydrogen-bond donors (Lipinski definition) is 0. The lowest BCUT2D eigenvalue weighted by atomic mass is 9.75. The molecule has 4 nitrogen and oxygen atoms in total. The van der Waals surface area contributed by atoms with Gasteiger partial charge in [0.05, 0.1) is 19.0 Å². The molecule has 2 heterocycles. The highest BCUT2D eigenvalue weighted by Crippen LogP contribution is 2.41. The van der Waals surface area contributed by atoms with E-state index >= 15 is 0 Å². The van der Waals surface area contributed by atoms with E-state index in [1.807, 2.05) is 17.0 Å². The number of rotatable bonds is 2. The molecule has 2 aliphatic rings. The monoisotopic (exact) mass is 366 g/mol. The van der Waals surface area contributed by atoms with Crippen LogP contribution in [0.1, 0.15) is 36.6 Å². The van der Waals surface area contributed by atoms with Crippen LogP contribution in [0.5, 0.6) is 0 Å². The molecule has 1 atom stereocenters. The number of carbonyl (C=O) groups is 2. The summed E-state index contributed by atoms with van der Waals surface area (Å²) in [6.07, 6.45) is 0.102. The van der Waals surface area contributed by atoms with Crippen LogP contribution < -0.4 is 0 Å². The molecule has 2 aliphatic heterocycles. The lowest BCUT2D eigenvalue weighted by molar-refractivity contribution is -0.150. The summed E-state index contributed by atoms with van der Waals surface area (Å²) < 4.78 is 13.4. The Labute approximate surface area is 158 Å². The average molecular weight is 366 g/mol. The first-order valence-corrected chi connectivity index (χ1v) is 9.26. The Morgan fingerprint density at radius 2 is 1.96 bits per heavy atom. The summed E-state index contributed by atoms with van der Waals surface area (Å²) in [6, 6.07) is 14.1. The van der Waals surface area contributed by atoms with Crippen molar-refractivity contribution in [3.63, 3.8) is 0 Å². The summed E-state index contributed by atoms with van der Waals surface area (Å²) in [7, 11) is 0. The Morgan fingerprint density at radius 1 is 1.19 bits per heavy atom. The van der Waals surface area contributed by atoms with Crippen LogP contribution in [0.15, 0.2) is 48.5 Å². The van der Waals surface area contributed by atoms with Gasteiger partial charge in [-0.3, -0.25) is 9.59 Å². The highest BCUT2D eigenvalue weighted by molar-refractivity contribution is 5.87. The van der Waals surface area contributed by atoms with Crippen LogP contribution in [-0.4, -0.2) is 41.2 Å². The van der Waals surface area contributed by atoms with E-state index in [1.165, 1.54) is 17.7 Å². The number of amides is 2. The summed E-state index contributed by atoms with van der Waals surface area (Å²) in [6.45, 7) is 5.52. The Hall–Kier alpha value is -2.69. The first-order chi connectivity index (χ1) is 12.8. The van der Waals surface area contributed by atoms with Gasteiger partial charge in [0.1, 0.15) is 5.82 Å². The fourth-order valence-corrected chi connectivity index (χ4v) is 4.30. The first kappa shape index (κ1) is 17.7. The van der Waals surface area contributed by atoms with Gasteiger partial charge in [-0.05, 0) is 28.8 Å². The van der Waals surface area contributed by atoms with Crippen LogP contribution in [0.2, 0.25) is 0 Å². The van der Waals surface area contributed by atoms with Crippen molar-refractivity contribution in [1.82, 2.24) is 9.80 Å². The largest absolute Gasteiger partial charge is 0.331 e. The Bertz CT molecular complexity index is 909. The van der Waals surface area contributed by atoms with Gasteiger partial charge in [0.15, 0.2) is 0 Å². The summed E-state index contributed by atoms with van der Waals surface area (Å²) in [4.78, 5) is 29.1. The van der Waals surface area contributed by atoms with Crippen LogP contribution in [-0.2, 0) is 21.4 Å². The first-order valence-electron chi connectivity index (χ1n) is 9.26. The molecule has 1 fully saturated rings. The van der Waals surface area contributed by atoms with Crippen molar-refractivity contribution >= 4 is 11.8 Å². The third-order valence-corrected chi connectivity index (χ3v) is 5.63. The smallest absolute Gasteiger partial charge is 0.242 e. The van der Waals surface area contributed by atoms with Gasteiger partial charge in [0, 0.05) is 18.5 Å². The van der Waals surface area contributed by atoms with Gasteiger partial charge >= 0.3 is 0 Å². The van der Waals surface area contributed by atoms with Crippen molar-refractivity contribution in [2.24, 2.45) is 0 Å². The van der Waals surface area contributed by atoms with Gasteiger partial charge in [0.25, 0.3) is 0 Å². The molecule has 2 aromatic rings. The van der Waals surface area contributed by atoms with Gasteiger partial charge in [0.2, 0.25) is 11.8 Å². The third kappa shape index (κ3) is 3.22. The second-order valence-electron chi connectivity index (χ2n) is 8.09. The number of benzene rings is 2. The SMILES string of the molecule is CC1(C)CN2C(=O)CN(C(=O)Cc3cccc(F)c3)CC2c2ccccc21. The minimum atomic E-state index is -0.357. The highest BCUT2D eigenvalue weighted by atomic mass is 19.1. The van der Waals surface area contributed by atoms with Crippen molar-refractivity contribution in [2.75, 3.05) is 19.6 Å². The summed E-state index contributed by atoms with van der Waals surface area (Å²) in [5, 5.41) is 0. The molecule has 0 spiro atoms. The predicted octanol–water partition coefficient (Wildman–Crippen LogP) is 3.07. The number of piperazine rings is 1. The zero-order valence-electron chi connectivity index (χ0n) is 15.6. The molecule has 0 radical (unpaired) electrons. The molecule has 0 aliphatic carbocycles. The van der Waals surface area contributed by atoms with Gasteiger partial charge < -0.3 is 9.80 Å². The lowest BCUT2D eigenvalue weighted by Crippen LogP contribution is -2.58. The molecule has 0 aromatic heterocycles. The van der Waals surface area contributed by atoms with E-state index in [4.69, 9.17) is 0 Å². The highest BCUT2D eigenvalue weighted by Gasteiger charge is 2.44. The van der Waals surface area contributed by atoms with Crippen LogP contribution >= 0.6 is 0 Å². The molecule has 27 heavy (non-hydrogen) atoms. The fraction of sp³-hybridized carbons (Fsp3) is 0.364. The van der Waals surface area contributed by atoms with E-state index in [0.29, 0.717) is 18.7 Å². The van der Waals surface area contributed by atoms with E-state index < -0.39 is 0 Å². The number of halogens is 1. The minimum Gasteiger partial charge on any atom is -0.331 e. The Balaban J connectivity index is 1.60. The van der Waals surface area contributed by atoms with Crippen molar-refractivity contribution in [3.8, 4) is 0 Å². The van der Waals surface area contributed by atoms with Crippen LogP contribution in [0.3, 0.4) is 0 Å². The van der Waals surface area contributed by atoms with Crippen molar-refractivity contribution < 1.29 is 14.0 Å². The van der Waals surface area contributed by atoms with Gasteiger partial charge in [-0.1, -0.05) is 50.2 Å². The second-order valence-corrected chi connectivity index (χ2v) is 8.09. The topological polar surface area (TPSA) is 40.6 Å². The van der Waals surface area contributed by atoms with Gasteiger partial charge in [-0.2, -0.15) is 0 Å². The number of nitrogens with zero attached hydrogens (tertiary/aromatic N) is 2. The van der Waals surface area contributed by atoms with Crippen molar-refractivity contribution in [2.45, 2.75) is 31.7 Å². The van der Waals surface area contributed by atoms with Crippen LogP contribution in [0, 0.1) is 5.82 Å². The molecule has 0 N–H and O–H groups in total. The predicted molar refractivity (Wildman–Crippen MR) is 101 cm³/mol. The quantitative estimate of drug-likeness (QED) is 0.820. The molecule has 0 bridgehead atoms. The average Bonchev–Trinajstić information content (AvgIpc) is 2.62. The molecule has 140 valence electrons. The van der Waals surface area contributed by atoms with E-state index in [0.717, 1.165) is 5.56 Å². The zero-order valence-corrected chi connectivity index (χ0v) is 15.6. The molecule has 1 unspecified atom stereocenters. The molecule has 1 saturated heterocycles. The fourth-order valence-electron chi connectivity index (χ4n) is 4.30. The summed E-state index contributed by atoms with van der Waals surface area (Å²) >= 11 is 0. The summed E-state index contributed by atoms with van der Waals surface area (Å²) in [5.41, 5.74) is 2.86. The Kier molecular flexibility index (Phi) is 4.25. The molecule has 4 rings (SSSR count). The van der Waals surface area contributed by atoms with Crippen molar-refractivity contribution in [1.29, 1.82) is 0 Å². The standard InChI is InChI=1S/C22H23FN2O2/c1-22(2)14-25-19(17-8-3-4-9-18(17)22)12-24(13-21(25)27)20(26)11-15-6-5-7-16(23)10-15/h3-10,19H,11-14H2,1-2H3. The number of hydrogen-bond acceptors (Lipinski definition) is 2. The molecule has 2 aromatic carbocycles. The number of carbonyl (C=O) groups excluding carboxylic acids is 2.